The van der Waals surface area contributed by atoms with Gasteiger partial charge in [0.1, 0.15) is 0 Å². The van der Waals surface area contributed by atoms with Crippen molar-refractivity contribution in [3.05, 3.63) is 30.1 Å². The van der Waals surface area contributed by atoms with Gasteiger partial charge in [-0.1, -0.05) is 0 Å². The van der Waals surface area contributed by atoms with Crippen LogP contribution < -0.4 is 5.32 Å². The quantitative estimate of drug-likeness (QED) is 0.831. The Labute approximate surface area is 97.9 Å². The summed E-state index contributed by atoms with van der Waals surface area (Å²) in [4.78, 5) is 6.59. The van der Waals surface area contributed by atoms with Gasteiger partial charge in [-0.3, -0.25) is 4.98 Å². The number of nitrogens with one attached hydrogen (secondary N) is 1. The van der Waals surface area contributed by atoms with E-state index in [0.717, 1.165) is 13.0 Å². The predicted octanol–water partition coefficient (Wildman–Crippen LogP) is 1.31. The molecule has 0 saturated carbocycles. The number of hydrogen-bond acceptors (Lipinski definition) is 3. The zero-order chi connectivity index (χ0) is 11.2. The monoisotopic (exact) mass is 219 g/mol. The van der Waals surface area contributed by atoms with Crippen molar-refractivity contribution in [1.82, 2.24) is 15.2 Å². The summed E-state index contributed by atoms with van der Waals surface area (Å²) in [6.07, 6.45) is 6.15. The molecular weight excluding hydrogens is 198 g/mol. The van der Waals surface area contributed by atoms with Gasteiger partial charge in [-0.25, -0.2) is 0 Å². The fourth-order valence-corrected chi connectivity index (χ4v) is 2.12. The Kier molecular flexibility index (Phi) is 4.31. The summed E-state index contributed by atoms with van der Waals surface area (Å²) in [5.41, 5.74) is 1.39. The van der Waals surface area contributed by atoms with Gasteiger partial charge in [-0.05, 0) is 44.0 Å². The maximum atomic E-state index is 4.04. The highest BCUT2D eigenvalue weighted by Crippen LogP contribution is 2.04. The van der Waals surface area contributed by atoms with E-state index in [4.69, 9.17) is 0 Å². The Hall–Kier alpha value is -0.930. The van der Waals surface area contributed by atoms with Gasteiger partial charge in [-0.15, -0.1) is 0 Å². The summed E-state index contributed by atoms with van der Waals surface area (Å²) in [5.74, 6) is 0. The van der Waals surface area contributed by atoms with Crippen molar-refractivity contribution in [2.24, 2.45) is 0 Å². The fourth-order valence-electron chi connectivity index (χ4n) is 2.12. The second kappa shape index (κ2) is 5.97. The summed E-state index contributed by atoms with van der Waals surface area (Å²) >= 11 is 0. The first-order chi connectivity index (χ1) is 7.84. The average Bonchev–Trinajstić information content (AvgIpc) is 2.53. The molecule has 1 aliphatic heterocycles. The van der Waals surface area contributed by atoms with Gasteiger partial charge in [0.2, 0.25) is 0 Å². The van der Waals surface area contributed by atoms with Crippen molar-refractivity contribution in [3.63, 3.8) is 0 Å². The second-order valence-corrected chi connectivity index (χ2v) is 4.59. The molecule has 1 fully saturated rings. The Morgan fingerprint density at radius 3 is 3.00 bits per heavy atom. The molecule has 1 N–H and O–H groups in total. The van der Waals surface area contributed by atoms with Crippen molar-refractivity contribution in [3.8, 4) is 0 Å². The smallest absolute Gasteiger partial charge is 0.0270 e. The van der Waals surface area contributed by atoms with Gasteiger partial charge in [0, 0.05) is 38.1 Å². The van der Waals surface area contributed by atoms with E-state index in [1.807, 2.05) is 12.4 Å². The predicted molar refractivity (Wildman–Crippen MR) is 66.5 cm³/mol. The molecule has 0 radical (unpaired) electrons. The molecule has 0 spiro atoms. The third-order valence-electron chi connectivity index (χ3n) is 3.27. The van der Waals surface area contributed by atoms with Crippen molar-refractivity contribution < 1.29 is 0 Å². The molecule has 0 bridgehead atoms. The highest BCUT2D eigenvalue weighted by atomic mass is 15.2. The van der Waals surface area contributed by atoms with Gasteiger partial charge < -0.3 is 10.2 Å². The zero-order valence-electron chi connectivity index (χ0n) is 10.0. The van der Waals surface area contributed by atoms with Gasteiger partial charge in [0.15, 0.2) is 0 Å². The summed E-state index contributed by atoms with van der Waals surface area (Å²) in [6.45, 7) is 6.96. The number of nitrogens with zero attached hydrogens (tertiary/aromatic N) is 2. The van der Waals surface area contributed by atoms with E-state index in [0.29, 0.717) is 6.04 Å². The summed E-state index contributed by atoms with van der Waals surface area (Å²) in [7, 11) is 0. The fraction of sp³-hybridized carbons (Fsp3) is 0.615. The standard InChI is InChI=1S/C13H21N3/c1-12-4-9-16(11-8-15-12)10-5-13-2-6-14-7-3-13/h2-3,6-7,12,15H,4-5,8-11H2,1H3. The minimum absolute atomic E-state index is 0.672. The number of pyridine rings is 1. The molecule has 3 nitrogen and oxygen atoms in total. The molecular formula is C13H21N3. The minimum Gasteiger partial charge on any atom is -0.313 e. The lowest BCUT2D eigenvalue weighted by Gasteiger charge is -2.19. The molecule has 0 amide bonds. The van der Waals surface area contributed by atoms with E-state index in [1.165, 1.54) is 31.6 Å². The van der Waals surface area contributed by atoms with Crippen LogP contribution in [-0.4, -0.2) is 42.1 Å². The largest absolute Gasteiger partial charge is 0.313 e. The van der Waals surface area contributed by atoms with Crippen LogP contribution in [-0.2, 0) is 6.42 Å². The summed E-state index contributed by atoms with van der Waals surface area (Å²) < 4.78 is 0. The first-order valence-corrected chi connectivity index (χ1v) is 6.19. The molecule has 2 rings (SSSR count). The Morgan fingerprint density at radius 2 is 2.19 bits per heavy atom. The Bertz CT molecular complexity index is 299. The Morgan fingerprint density at radius 1 is 1.38 bits per heavy atom. The van der Waals surface area contributed by atoms with Crippen LogP contribution in [0.4, 0.5) is 0 Å². The molecule has 1 atom stereocenters. The van der Waals surface area contributed by atoms with Crippen LogP contribution in [0.25, 0.3) is 0 Å². The third-order valence-corrected chi connectivity index (χ3v) is 3.27. The maximum Gasteiger partial charge on any atom is 0.0270 e. The molecule has 1 unspecified atom stereocenters. The third kappa shape index (κ3) is 3.58. The molecule has 2 heterocycles. The lowest BCUT2D eigenvalue weighted by molar-refractivity contribution is 0.294. The van der Waals surface area contributed by atoms with Gasteiger partial charge in [-0.2, -0.15) is 0 Å². The van der Waals surface area contributed by atoms with Crippen LogP contribution in [0.3, 0.4) is 0 Å². The van der Waals surface area contributed by atoms with Gasteiger partial charge in [0.05, 0.1) is 0 Å². The lowest BCUT2D eigenvalue weighted by atomic mass is 10.2. The highest BCUT2D eigenvalue weighted by Gasteiger charge is 2.12. The summed E-state index contributed by atoms with van der Waals surface area (Å²) in [5, 5.41) is 3.52. The number of aromatic nitrogens is 1. The van der Waals surface area contributed by atoms with E-state index in [-0.39, 0.29) is 0 Å². The van der Waals surface area contributed by atoms with Crippen LogP contribution in [0.2, 0.25) is 0 Å². The molecule has 3 heteroatoms. The Balaban J connectivity index is 1.77. The van der Waals surface area contributed by atoms with Gasteiger partial charge in [0.25, 0.3) is 0 Å². The number of hydrogen-bond donors (Lipinski definition) is 1. The molecule has 0 aliphatic carbocycles. The van der Waals surface area contributed by atoms with E-state index in [2.05, 4.69) is 34.3 Å². The average molecular weight is 219 g/mol. The van der Waals surface area contributed by atoms with Crippen LogP contribution in [0, 0.1) is 0 Å². The van der Waals surface area contributed by atoms with Crippen LogP contribution in [0.1, 0.15) is 18.9 Å². The van der Waals surface area contributed by atoms with Crippen LogP contribution >= 0.6 is 0 Å². The molecule has 1 aromatic rings. The van der Waals surface area contributed by atoms with E-state index in [9.17, 15) is 0 Å². The molecule has 16 heavy (non-hydrogen) atoms. The lowest BCUT2D eigenvalue weighted by Crippen LogP contribution is -2.30. The minimum atomic E-state index is 0.672. The van der Waals surface area contributed by atoms with Crippen molar-refractivity contribution in [2.45, 2.75) is 25.8 Å². The van der Waals surface area contributed by atoms with Gasteiger partial charge >= 0.3 is 0 Å². The van der Waals surface area contributed by atoms with Crippen molar-refractivity contribution in [2.75, 3.05) is 26.2 Å². The van der Waals surface area contributed by atoms with Crippen molar-refractivity contribution in [1.29, 1.82) is 0 Å². The first kappa shape index (κ1) is 11.6. The topological polar surface area (TPSA) is 28.2 Å². The van der Waals surface area contributed by atoms with Crippen molar-refractivity contribution >= 4 is 0 Å². The normalized spacial score (nSPS) is 22.9. The first-order valence-electron chi connectivity index (χ1n) is 6.19. The SMILES string of the molecule is CC1CCN(CCc2ccncc2)CCN1. The zero-order valence-corrected chi connectivity index (χ0v) is 10.0. The second-order valence-electron chi connectivity index (χ2n) is 4.59. The molecule has 1 saturated heterocycles. The summed E-state index contributed by atoms with van der Waals surface area (Å²) in [6, 6.07) is 4.89. The number of rotatable bonds is 3. The highest BCUT2D eigenvalue weighted by molar-refractivity contribution is 5.09. The molecule has 0 aromatic carbocycles. The van der Waals surface area contributed by atoms with Crippen LogP contribution in [0.15, 0.2) is 24.5 Å². The molecule has 1 aromatic heterocycles. The molecule has 1 aliphatic rings. The van der Waals surface area contributed by atoms with E-state index >= 15 is 0 Å². The van der Waals surface area contributed by atoms with Crippen LogP contribution in [0.5, 0.6) is 0 Å². The molecule has 88 valence electrons. The van der Waals surface area contributed by atoms with E-state index < -0.39 is 0 Å². The van der Waals surface area contributed by atoms with E-state index in [1.54, 1.807) is 0 Å². The maximum absolute atomic E-state index is 4.04.